The predicted molar refractivity (Wildman–Crippen MR) is 77.6 cm³/mol. The van der Waals surface area contributed by atoms with E-state index in [9.17, 15) is 0 Å². The fourth-order valence-electron chi connectivity index (χ4n) is 2.67. The lowest BCUT2D eigenvalue weighted by Gasteiger charge is -2.34. The zero-order valence-electron chi connectivity index (χ0n) is 11.9. The Morgan fingerprint density at radius 2 is 2.37 bits per heavy atom. The van der Waals surface area contributed by atoms with Crippen LogP contribution < -0.4 is 10.2 Å². The number of rotatable bonds is 5. The lowest BCUT2D eigenvalue weighted by molar-refractivity contribution is 0.244. The van der Waals surface area contributed by atoms with Gasteiger partial charge in [0.2, 0.25) is 5.95 Å². The maximum absolute atomic E-state index is 9.09. The van der Waals surface area contributed by atoms with Gasteiger partial charge in [0.25, 0.3) is 0 Å². The maximum Gasteiger partial charge on any atom is 0.224 e. The van der Waals surface area contributed by atoms with Crippen LogP contribution in [0.5, 0.6) is 0 Å². The minimum atomic E-state index is 0.282. The summed E-state index contributed by atoms with van der Waals surface area (Å²) >= 11 is 0. The number of aromatic nitrogens is 2. The van der Waals surface area contributed by atoms with Crippen molar-refractivity contribution in [1.29, 1.82) is 0 Å². The molecule has 1 atom stereocenters. The summed E-state index contributed by atoms with van der Waals surface area (Å²) in [6, 6.07) is 0. The second-order valence-corrected chi connectivity index (χ2v) is 5.20. The van der Waals surface area contributed by atoms with Crippen LogP contribution in [0.1, 0.15) is 31.7 Å². The van der Waals surface area contributed by atoms with Crippen molar-refractivity contribution in [2.45, 2.75) is 33.1 Å². The van der Waals surface area contributed by atoms with E-state index in [4.69, 9.17) is 5.11 Å². The molecule has 2 N–H and O–H groups in total. The Kier molecular flexibility index (Phi) is 4.96. The van der Waals surface area contributed by atoms with Gasteiger partial charge in [0.15, 0.2) is 0 Å². The molecule has 5 heteroatoms. The molecule has 106 valence electrons. The smallest absolute Gasteiger partial charge is 0.224 e. The zero-order chi connectivity index (χ0) is 13.7. The molecule has 1 saturated heterocycles. The van der Waals surface area contributed by atoms with Gasteiger partial charge in [0.1, 0.15) is 5.82 Å². The van der Waals surface area contributed by atoms with Crippen LogP contribution in [0, 0.1) is 12.8 Å². The van der Waals surface area contributed by atoms with Crippen molar-refractivity contribution in [2.24, 2.45) is 5.92 Å². The summed E-state index contributed by atoms with van der Waals surface area (Å²) in [6.07, 6.45) is 5.16. The van der Waals surface area contributed by atoms with Crippen molar-refractivity contribution < 1.29 is 5.11 Å². The van der Waals surface area contributed by atoms with Gasteiger partial charge in [-0.1, -0.05) is 0 Å². The summed E-state index contributed by atoms with van der Waals surface area (Å²) in [5.41, 5.74) is 1.12. The van der Waals surface area contributed by atoms with Crippen LogP contribution in [0.25, 0.3) is 0 Å². The standard InChI is InChI=1S/C14H24N4O/c1-3-15-14-16-9-11(2)13(17-14)18-7-4-5-12(10-18)6-8-19/h9,12,19H,3-8,10H2,1-2H3,(H,15,16,17). The third-order valence-corrected chi connectivity index (χ3v) is 3.64. The van der Waals surface area contributed by atoms with Crippen molar-refractivity contribution in [3.8, 4) is 0 Å². The van der Waals surface area contributed by atoms with Gasteiger partial charge >= 0.3 is 0 Å². The molecule has 1 aliphatic heterocycles. The third-order valence-electron chi connectivity index (χ3n) is 3.64. The van der Waals surface area contributed by atoms with E-state index < -0.39 is 0 Å². The Hall–Kier alpha value is -1.36. The van der Waals surface area contributed by atoms with Gasteiger partial charge < -0.3 is 15.3 Å². The van der Waals surface area contributed by atoms with Crippen LogP contribution in [0.3, 0.4) is 0 Å². The number of aliphatic hydroxyl groups is 1. The van der Waals surface area contributed by atoms with E-state index in [0.29, 0.717) is 11.9 Å². The Labute approximate surface area is 115 Å². The Balaban J connectivity index is 2.13. The zero-order valence-corrected chi connectivity index (χ0v) is 11.9. The quantitative estimate of drug-likeness (QED) is 0.849. The summed E-state index contributed by atoms with van der Waals surface area (Å²) in [4.78, 5) is 11.2. The molecule has 0 radical (unpaired) electrons. The van der Waals surface area contributed by atoms with Crippen molar-refractivity contribution >= 4 is 11.8 Å². The number of aliphatic hydroxyl groups excluding tert-OH is 1. The first kappa shape index (κ1) is 14.1. The van der Waals surface area contributed by atoms with Crippen LogP contribution in [0.15, 0.2) is 6.20 Å². The largest absolute Gasteiger partial charge is 0.396 e. The molecule has 19 heavy (non-hydrogen) atoms. The molecule has 0 aromatic carbocycles. The Morgan fingerprint density at radius 1 is 1.53 bits per heavy atom. The number of anilines is 2. The highest BCUT2D eigenvalue weighted by Gasteiger charge is 2.22. The van der Waals surface area contributed by atoms with Crippen molar-refractivity contribution in [1.82, 2.24) is 9.97 Å². The molecule has 0 saturated carbocycles. The third kappa shape index (κ3) is 3.56. The summed E-state index contributed by atoms with van der Waals surface area (Å²) < 4.78 is 0. The van der Waals surface area contributed by atoms with Crippen LogP contribution >= 0.6 is 0 Å². The fraction of sp³-hybridized carbons (Fsp3) is 0.714. The van der Waals surface area contributed by atoms with Gasteiger partial charge in [-0.05, 0) is 39.0 Å². The molecule has 1 aromatic heterocycles. The van der Waals surface area contributed by atoms with Gasteiger partial charge in [-0.2, -0.15) is 4.98 Å². The number of nitrogens with zero attached hydrogens (tertiary/aromatic N) is 3. The highest BCUT2D eigenvalue weighted by molar-refractivity contribution is 5.49. The molecule has 2 heterocycles. The van der Waals surface area contributed by atoms with Crippen LogP contribution in [0.4, 0.5) is 11.8 Å². The SMILES string of the molecule is CCNc1ncc(C)c(N2CCCC(CCO)C2)n1. The minimum absolute atomic E-state index is 0.282. The molecule has 1 aromatic rings. The molecule has 0 bridgehead atoms. The van der Waals surface area contributed by atoms with Gasteiger partial charge in [-0.15, -0.1) is 0 Å². The van der Waals surface area contributed by atoms with Crippen LogP contribution in [-0.4, -0.2) is 41.3 Å². The molecular formula is C14H24N4O. The second-order valence-electron chi connectivity index (χ2n) is 5.20. The maximum atomic E-state index is 9.09. The predicted octanol–water partition coefficient (Wildman–Crippen LogP) is 1.82. The number of hydrogen-bond donors (Lipinski definition) is 2. The Morgan fingerprint density at radius 3 is 3.11 bits per heavy atom. The topological polar surface area (TPSA) is 61.3 Å². The number of nitrogens with one attached hydrogen (secondary N) is 1. The van der Waals surface area contributed by atoms with Gasteiger partial charge in [0, 0.05) is 38.0 Å². The molecule has 5 nitrogen and oxygen atoms in total. The minimum Gasteiger partial charge on any atom is -0.396 e. The van der Waals surface area contributed by atoms with E-state index in [1.165, 1.54) is 12.8 Å². The normalized spacial score (nSPS) is 19.5. The highest BCUT2D eigenvalue weighted by atomic mass is 16.3. The van der Waals surface area contributed by atoms with Crippen molar-refractivity contribution in [3.63, 3.8) is 0 Å². The van der Waals surface area contributed by atoms with E-state index in [1.54, 1.807) is 0 Å². The average Bonchev–Trinajstić information content (AvgIpc) is 2.42. The second kappa shape index (κ2) is 6.70. The lowest BCUT2D eigenvalue weighted by atomic mass is 9.95. The number of piperidine rings is 1. The molecule has 0 spiro atoms. The lowest BCUT2D eigenvalue weighted by Crippen LogP contribution is -2.37. The van der Waals surface area contributed by atoms with Gasteiger partial charge in [-0.3, -0.25) is 0 Å². The van der Waals surface area contributed by atoms with Crippen molar-refractivity contribution in [2.75, 3.05) is 36.5 Å². The van der Waals surface area contributed by atoms with E-state index in [2.05, 4.69) is 27.1 Å². The molecule has 1 fully saturated rings. The van der Waals surface area contributed by atoms with E-state index in [1.807, 2.05) is 13.1 Å². The summed E-state index contributed by atoms with van der Waals surface area (Å²) in [5, 5.41) is 12.3. The molecule has 1 unspecified atom stereocenters. The van der Waals surface area contributed by atoms with E-state index in [-0.39, 0.29) is 6.61 Å². The van der Waals surface area contributed by atoms with E-state index >= 15 is 0 Å². The van der Waals surface area contributed by atoms with Gasteiger partial charge in [0.05, 0.1) is 0 Å². The van der Waals surface area contributed by atoms with E-state index in [0.717, 1.165) is 37.4 Å². The molecule has 0 amide bonds. The summed E-state index contributed by atoms with van der Waals surface area (Å²) in [5.74, 6) is 2.32. The first-order chi connectivity index (χ1) is 9.24. The number of aryl methyl sites for hydroxylation is 1. The monoisotopic (exact) mass is 264 g/mol. The molecule has 2 rings (SSSR count). The van der Waals surface area contributed by atoms with Crippen LogP contribution in [-0.2, 0) is 0 Å². The molecular weight excluding hydrogens is 240 g/mol. The van der Waals surface area contributed by atoms with Crippen LogP contribution in [0.2, 0.25) is 0 Å². The first-order valence-corrected chi connectivity index (χ1v) is 7.18. The Bertz CT molecular complexity index is 408. The summed E-state index contributed by atoms with van der Waals surface area (Å²) in [6.45, 7) is 7.25. The summed E-state index contributed by atoms with van der Waals surface area (Å²) in [7, 11) is 0. The highest BCUT2D eigenvalue weighted by Crippen LogP contribution is 2.26. The first-order valence-electron chi connectivity index (χ1n) is 7.18. The number of hydrogen-bond acceptors (Lipinski definition) is 5. The van der Waals surface area contributed by atoms with Gasteiger partial charge in [-0.25, -0.2) is 4.98 Å². The average molecular weight is 264 g/mol. The molecule has 1 aliphatic rings. The van der Waals surface area contributed by atoms with Crippen molar-refractivity contribution in [3.05, 3.63) is 11.8 Å². The molecule has 0 aliphatic carbocycles. The fourth-order valence-corrected chi connectivity index (χ4v) is 2.67.